The third-order valence-electron chi connectivity index (χ3n) is 2.03. The van der Waals surface area contributed by atoms with Crippen LogP contribution < -0.4 is 0 Å². The highest BCUT2D eigenvalue weighted by atomic mass is 16.7. The average Bonchev–Trinajstić information content (AvgIpc) is 2.13. The summed E-state index contributed by atoms with van der Waals surface area (Å²) in [6.45, 7) is 1.65. The van der Waals surface area contributed by atoms with Crippen LogP contribution >= 0.6 is 0 Å². The minimum Gasteiger partial charge on any atom is -0.356 e. The standard InChI is InChI=1S/C10H20NO3/c1-8(12)5-4-6-9(11)7-10(13-2)14-3/h8,10-11H,4-7H2,1-3H3. The number of hydrogen-bond donors (Lipinski definition) is 1. The predicted octanol–water partition coefficient (Wildman–Crippen LogP) is 2.00. The molecule has 0 bridgehead atoms. The maximum atomic E-state index is 10.7. The van der Waals surface area contributed by atoms with Gasteiger partial charge in [0.2, 0.25) is 0 Å². The molecule has 1 radical (unpaired) electrons. The second-order valence-corrected chi connectivity index (χ2v) is 3.41. The highest BCUT2D eigenvalue weighted by molar-refractivity contribution is 5.81. The van der Waals surface area contributed by atoms with Gasteiger partial charge in [-0.15, -0.1) is 0 Å². The summed E-state index contributed by atoms with van der Waals surface area (Å²) in [7, 11) is 3.11. The van der Waals surface area contributed by atoms with Crippen molar-refractivity contribution in [1.82, 2.24) is 0 Å². The molecule has 0 heterocycles. The lowest BCUT2D eigenvalue weighted by Gasteiger charge is -2.13. The highest BCUT2D eigenvalue weighted by Gasteiger charge is 2.09. The number of hydrogen-bond acceptors (Lipinski definition) is 3. The molecule has 0 rings (SSSR count). The first kappa shape index (κ1) is 13.5. The molecule has 14 heavy (non-hydrogen) atoms. The van der Waals surface area contributed by atoms with Gasteiger partial charge >= 0.3 is 0 Å². The lowest BCUT2D eigenvalue weighted by molar-refractivity contribution is -0.0961. The summed E-state index contributed by atoms with van der Waals surface area (Å²) in [6.07, 6.45) is 1.71. The van der Waals surface area contributed by atoms with Crippen molar-refractivity contribution in [2.75, 3.05) is 14.2 Å². The summed E-state index contributed by atoms with van der Waals surface area (Å²) in [6, 6.07) is 0. The largest absolute Gasteiger partial charge is 0.356 e. The Morgan fingerprint density at radius 3 is 2.36 bits per heavy atom. The second kappa shape index (κ2) is 7.91. The third-order valence-corrected chi connectivity index (χ3v) is 2.03. The smallest absolute Gasteiger partial charge is 0.161 e. The fourth-order valence-electron chi connectivity index (χ4n) is 1.17. The van der Waals surface area contributed by atoms with Crippen LogP contribution in [0.1, 0.15) is 32.6 Å². The van der Waals surface area contributed by atoms with Crippen LogP contribution in [0.25, 0.3) is 0 Å². The van der Waals surface area contributed by atoms with E-state index < -0.39 is 6.10 Å². The second-order valence-electron chi connectivity index (χ2n) is 3.41. The molecule has 0 amide bonds. The molecule has 0 aromatic carbocycles. The van der Waals surface area contributed by atoms with Crippen molar-refractivity contribution in [3.63, 3.8) is 0 Å². The van der Waals surface area contributed by atoms with E-state index in [2.05, 4.69) is 0 Å². The van der Waals surface area contributed by atoms with Crippen LogP contribution in [-0.4, -0.2) is 32.3 Å². The molecule has 0 fully saturated rings. The van der Waals surface area contributed by atoms with E-state index in [1.165, 1.54) is 0 Å². The zero-order valence-electron chi connectivity index (χ0n) is 9.21. The molecule has 0 aliphatic rings. The van der Waals surface area contributed by atoms with Crippen LogP contribution in [0.5, 0.6) is 0 Å². The van der Waals surface area contributed by atoms with E-state index >= 15 is 0 Å². The molecular formula is C10H20NO3. The van der Waals surface area contributed by atoms with E-state index in [4.69, 9.17) is 14.9 Å². The molecule has 0 spiro atoms. The van der Waals surface area contributed by atoms with Crippen LogP contribution in [0.15, 0.2) is 0 Å². The number of methoxy groups -OCH3 is 2. The van der Waals surface area contributed by atoms with Gasteiger partial charge in [0.15, 0.2) is 6.29 Å². The van der Waals surface area contributed by atoms with Crippen molar-refractivity contribution in [2.24, 2.45) is 0 Å². The van der Waals surface area contributed by atoms with Gasteiger partial charge in [0.1, 0.15) is 0 Å². The Balaban J connectivity index is 3.54. The van der Waals surface area contributed by atoms with E-state index in [1.54, 1.807) is 21.1 Å². The van der Waals surface area contributed by atoms with Gasteiger partial charge in [-0.1, -0.05) is 0 Å². The van der Waals surface area contributed by atoms with E-state index in [-0.39, 0.29) is 6.29 Å². The van der Waals surface area contributed by atoms with Gasteiger partial charge in [0.05, 0.1) is 6.10 Å². The first-order chi connectivity index (χ1) is 6.60. The lowest BCUT2D eigenvalue weighted by atomic mass is 10.1. The molecule has 0 aromatic heterocycles. The Morgan fingerprint density at radius 1 is 1.36 bits per heavy atom. The van der Waals surface area contributed by atoms with Crippen molar-refractivity contribution in [1.29, 1.82) is 5.41 Å². The molecule has 4 heteroatoms. The fraction of sp³-hybridized carbons (Fsp3) is 0.900. The quantitative estimate of drug-likeness (QED) is 0.483. The monoisotopic (exact) mass is 202 g/mol. The summed E-state index contributed by atoms with van der Waals surface area (Å²) >= 11 is 0. The zero-order chi connectivity index (χ0) is 11.0. The summed E-state index contributed by atoms with van der Waals surface area (Å²) in [5.41, 5.74) is 0.583. The minimum absolute atomic E-state index is 0.327. The first-order valence-corrected chi connectivity index (χ1v) is 4.87. The Hall–Kier alpha value is -0.450. The maximum absolute atomic E-state index is 10.7. The van der Waals surface area contributed by atoms with Crippen molar-refractivity contribution in [3.05, 3.63) is 0 Å². The fourth-order valence-corrected chi connectivity index (χ4v) is 1.17. The van der Waals surface area contributed by atoms with E-state index in [1.807, 2.05) is 0 Å². The minimum atomic E-state index is -0.525. The topological polar surface area (TPSA) is 62.2 Å². The van der Waals surface area contributed by atoms with Crippen molar-refractivity contribution in [3.8, 4) is 0 Å². The Labute approximate surface area is 85.7 Å². The van der Waals surface area contributed by atoms with E-state index in [9.17, 15) is 5.11 Å². The molecule has 83 valence electrons. The molecule has 0 aliphatic carbocycles. The SMILES string of the molecule is COC(CC(=N)CCCC(C)[O])OC. The van der Waals surface area contributed by atoms with Crippen LogP contribution in [0.2, 0.25) is 0 Å². The van der Waals surface area contributed by atoms with Gasteiger partial charge < -0.3 is 14.9 Å². The molecule has 1 N–H and O–H groups in total. The highest BCUT2D eigenvalue weighted by Crippen LogP contribution is 2.07. The number of nitrogens with one attached hydrogen (secondary N) is 1. The van der Waals surface area contributed by atoms with Crippen molar-refractivity contribution in [2.45, 2.75) is 45.0 Å². The molecule has 1 unspecified atom stereocenters. The molecule has 0 saturated carbocycles. The first-order valence-electron chi connectivity index (χ1n) is 4.87. The third kappa shape index (κ3) is 7.00. The van der Waals surface area contributed by atoms with Gasteiger partial charge in [0, 0.05) is 26.4 Å². The van der Waals surface area contributed by atoms with Crippen molar-refractivity contribution < 1.29 is 14.6 Å². The van der Waals surface area contributed by atoms with Crippen molar-refractivity contribution >= 4 is 5.71 Å². The molecular weight excluding hydrogens is 182 g/mol. The summed E-state index contributed by atoms with van der Waals surface area (Å²) in [5, 5.41) is 18.3. The van der Waals surface area contributed by atoms with Gasteiger partial charge in [0.25, 0.3) is 0 Å². The predicted molar refractivity (Wildman–Crippen MR) is 54.1 cm³/mol. The number of rotatable bonds is 8. The molecule has 0 aliphatic heterocycles. The molecule has 1 atom stereocenters. The van der Waals surface area contributed by atoms with E-state index in [0.29, 0.717) is 25.0 Å². The van der Waals surface area contributed by atoms with Gasteiger partial charge in [-0.25, -0.2) is 5.11 Å². The number of ether oxygens (including phenoxy) is 2. The van der Waals surface area contributed by atoms with Crippen LogP contribution in [-0.2, 0) is 14.6 Å². The summed E-state index contributed by atoms with van der Waals surface area (Å²) in [4.78, 5) is 0. The van der Waals surface area contributed by atoms with Gasteiger partial charge in [-0.2, -0.15) is 0 Å². The Kier molecular flexibility index (Phi) is 7.65. The van der Waals surface area contributed by atoms with Gasteiger partial charge in [-0.05, 0) is 26.2 Å². The maximum Gasteiger partial charge on any atom is 0.161 e. The van der Waals surface area contributed by atoms with Crippen LogP contribution in [0, 0.1) is 5.41 Å². The molecule has 0 aromatic rings. The van der Waals surface area contributed by atoms with Gasteiger partial charge in [-0.3, -0.25) is 0 Å². The van der Waals surface area contributed by atoms with Crippen LogP contribution in [0.4, 0.5) is 0 Å². The molecule has 4 nitrogen and oxygen atoms in total. The molecule has 0 saturated heterocycles. The Morgan fingerprint density at radius 2 is 1.93 bits per heavy atom. The van der Waals surface area contributed by atoms with E-state index in [0.717, 1.165) is 6.42 Å². The lowest BCUT2D eigenvalue weighted by Crippen LogP contribution is -2.17. The zero-order valence-corrected chi connectivity index (χ0v) is 9.21. The summed E-state index contributed by atoms with van der Waals surface area (Å²) < 4.78 is 9.95. The average molecular weight is 202 g/mol. The van der Waals surface area contributed by atoms with Crippen LogP contribution in [0.3, 0.4) is 0 Å². The normalized spacial score (nSPS) is 13.2. The summed E-state index contributed by atoms with van der Waals surface area (Å²) in [5.74, 6) is 0. The Bertz CT molecular complexity index is 155.